The van der Waals surface area contributed by atoms with Crippen LogP contribution in [0.4, 0.5) is 0 Å². The fourth-order valence-electron chi connectivity index (χ4n) is 1.10. The van der Waals surface area contributed by atoms with Crippen molar-refractivity contribution >= 4 is 0 Å². The zero-order chi connectivity index (χ0) is 11.2. The Hall–Kier alpha value is -0.120. The molecule has 0 aromatic rings. The summed E-state index contributed by atoms with van der Waals surface area (Å²) in [4.78, 5) is 0. The van der Waals surface area contributed by atoms with Gasteiger partial charge in [0.15, 0.2) is 0 Å². The van der Waals surface area contributed by atoms with Crippen LogP contribution in [0.3, 0.4) is 0 Å². The lowest BCUT2D eigenvalue weighted by molar-refractivity contribution is 0.0147. The quantitative estimate of drug-likeness (QED) is 0.470. The van der Waals surface area contributed by atoms with Crippen LogP contribution in [0.1, 0.15) is 32.6 Å². The maximum atomic E-state index is 5.39. The van der Waals surface area contributed by atoms with Crippen molar-refractivity contribution in [1.29, 1.82) is 0 Å². The smallest absolute Gasteiger partial charge is 0.0701 e. The van der Waals surface area contributed by atoms with Crippen molar-refractivity contribution in [3.8, 4) is 0 Å². The second-order valence-electron chi connectivity index (χ2n) is 3.40. The van der Waals surface area contributed by atoms with Gasteiger partial charge in [-0.2, -0.15) is 0 Å². The maximum absolute atomic E-state index is 5.39. The molecule has 0 N–H and O–H groups in total. The lowest BCUT2D eigenvalue weighted by Gasteiger charge is -2.05. The van der Waals surface area contributed by atoms with E-state index in [4.69, 9.17) is 14.2 Å². The van der Waals surface area contributed by atoms with E-state index < -0.39 is 0 Å². The van der Waals surface area contributed by atoms with E-state index in [-0.39, 0.29) is 0 Å². The van der Waals surface area contributed by atoms with E-state index in [1.165, 1.54) is 12.8 Å². The molecule has 0 aliphatic rings. The predicted octanol–water partition coefficient (Wildman–Crippen LogP) is 2.45. The fraction of sp³-hybridized carbons (Fsp3) is 0.917. The molecule has 0 spiro atoms. The number of rotatable bonds is 12. The minimum atomic E-state index is 0.651. The molecule has 0 aliphatic carbocycles. The average molecular weight is 217 g/mol. The normalized spacial score (nSPS) is 10.8. The Morgan fingerprint density at radius 3 is 1.80 bits per heavy atom. The zero-order valence-electron chi connectivity index (χ0n) is 10.0. The molecular formula is C12H25O3. The van der Waals surface area contributed by atoms with Crippen molar-refractivity contribution < 1.29 is 14.2 Å². The average Bonchev–Trinajstić information content (AvgIpc) is 2.26. The number of hydrogen-bond acceptors (Lipinski definition) is 3. The van der Waals surface area contributed by atoms with Crippen molar-refractivity contribution in [2.45, 2.75) is 32.6 Å². The molecule has 0 aliphatic heterocycles. The lowest BCUT2D eigenvalue weighted by Crippen LogP contribution is -2.10. The van der Waals surface area contributed by atoms with Gasteiger partial charge < -0.3 is 14.2 Å². The van der Waals surface area contributed by atoms with Crippen LogP contribution in [0.5, 0.6) is 0 Å². The van der Waals surface area contributed by atoms with E-state index >= 15 is 0 Å². The van der Waals surface area contributed by atoms with Gasteiger partial charge in [-0.15, -0.1) is 0 Å². The molecule has 91 valence electrons. The summed E-state index contributed by atoms with van der Waals surface area (Å²) in [6.45, 7) is 10.1. The van der Waals surface area contributed by atoms with Gasteiger partial charge in [0.05, 0.1) is 26.4 Å². The molecule has 0 saturated heterocycles. The first kappa shape index (κ1) is 14.9. The topological polar surface area (TPSA) is 27.7 Å². The second kappa shape index (κ2) is 13.9. The molecule has 15 heavy (non-hydrogen) atoms. The Morgan fingerprint density at radius 2 is 1.27 bits per heavy atom. The summed E-state index contributed by atoms with van der Waals surface area (Å²) >= 11 is 0. The SMILES string of the molecule is [CH2]CCOCCOCCOCCCCC. The van der Waals surface area contributed by atoms with Crippen molar-refractivity contribution in [2.24, 2.45) is 0 Å². The van der Waals surface area contributed by atoms with E-state index in [1.807, 2.05) is 0 Å². The standard InChI is InChI=1S/C12H25O3/c1-3-5-6-8-14-10-12-15-11-9-13-7-4-2/h2-12H2,1H3. The summed E-state index contributed by atoms with van der Waals surface area (Å²) in [5, 5.41) is 0. The highest BCUT2D eigenvalue weighted by molar-refractivity contribution is 4.38. The van der Waals surface area contributed by atoms with Gasteiger partial charge in [0.1, 0.15) is 0 Å². The van der Waals surface area contributed by atoms with E-state index in [0.29, 0.717) is 26.4 Å². The first-order chi connectivity index (χ1) is 7.41. The highest BCUT2D eigenvalue weighted by Gasteiger charge is 1.91. The predicted molar refractivity (Wildman–Crippen MR) is 62.0 cm³/mol. The third kappa shape index (κ3) is 13.9. The van der Waals surface area contributed by atoms with E-state index in [2.05, 4.69) is 13.8 Å². The van der Waals surface area contributed by atoms with Gasteiger partial charge in [0, 0.05) is 13.2 Å². The van der Waals surface area contributed by atoms with Crippen LogP contribution in [0.25, 0.3) is 0 Å². The molecule has 0 unspecified atom stereocenters. The Kier molecular flexibility index (Phi) is 13.8. The van der Waals surface area contributed by atoms with Gasteiger partial charge in [-0.25, -0.2) is 0 Å². The first-order valence-electron chi connectivity index (χ1n) is 5.94. The Labute approximate surface area is 94.1 Å². The van der Waals surface area contributed by atoms with Crippen LogP contribution in [0, 0.1) is 6.92 Å². The highest BCUT2D eigenvalue weighted by atomic mass is 16.5. The molecule has 0 atom stereocenters. The molecule has 0 rings (SSSR count). The Bertz CT molecular complexity index is 95.0. The third-order valence-electron chi connectivity index (χ3n) is 1.92. The van der Waals surface area contributed by atoms with Gasteiger partial charge in [0.25, 0.3) is 0 Å². The number of hydrogen-bond donors (Lipinski definition) is 0. The summed E-state index contributed by atoms with van der Waals surface area (Å²) in [5.41, 5.74) is 0. The molecule has 0 amide bonds. The summed E-state index contributed by atoms with van der Waals surface area (Å²) in [7, 11) is 0. The molecule has 0 saturated carbocycles. The number of unbranched alkanes of at least 4 members (excludes halogenated alkanes) is 2. The molecule has 0 heterocycles. The van der Waals surface area contributed by atoms with Crippen LogP contribution >= 0.6 is 0 Å². The highest BCUT2D eigenvalue weighted by Crippen LogP contribution is 1.93. The van der Waals surface area contributed by atoms with E-state index in [1.54, 1.807) is 0 Å². The minimum absolute atomic E-state index is 0.651. The number of ether oxygens (including phenoxy) is 3. The van der Waals surface area contributed by atoms with Crippen molar-refractivity contribution in [3.05, 3.63) is 6.92 Å². The Morgan fingerprint density at radius 1 is 0.733 bits per heavy atom. The van der Waals surface area contributed by atoms with Crippen molar-refractivity contribution in [3.63, 3.8) is 0 Å². The van der Waals surface area contributed by atoms with Crippen molar-refractivity contribution in [1.82, 2.24) is 0 Å². The van der Waals surface area contributed by atoms with Crippen LogP contribution in [-0.4, -0.2) is 39.6 Å². The van der Waals surface area contributed by atoms with Crippen LogP contribution < -0.4 is 0 Å². The third-order valence-corrected chi connectivity index (χ3v) is 1.92. The fourth-order valence-corrected chi connectivity index (χ4v) is 1.10. The molecule has 0 aromatic heterocycles. The summed E-state index contributed by atoms with van der Waals surface area (Å²) in [6.07, 6.45) is 4.47. The van der Waals surface area contributed by atoms with Crippen molar-refractivity contribution in [2.75, 3.05) is 39.6 Å². The lowest BCUT2D eigenvalue weighted by atomic mass is 10.3. The monoisotopic (exact) mass is 217 g/mol. The summed E-state index contributed by atoms with van der Waals surface area (Å²) in [5.74, 6) is 0. The molecular weight excluding hydrogens is 192 g/mol. The zero-order valence-corrected chi connectivity index (χ0v) is 10.0. The second-order valence-corrected chi connectivity index (χ2v) is 3.40. The summed E-state index contributed by atoms with van der Waals surface area (Å²) in [6, 6.07) is 0. The van der Waals surface area contributed by atoms with Gasteiger partial charge in [-0.3, -0.25) is 0 Å². The van der Waals surface area contributed by atoms with E-state index in [9.17, 15) is 0 Å². The van der Waals surface area contributed by atoms with Crippen LogP contribution in [0.15, 0.2) is 0 Å². The molecule has 0 aromatic carbocycles. The Balaban J connectivity index is 2.81. The van der Waals surface area contributed by atoms with Gasteiger partial charge in [0.2, 0.25) is 0 Å². The molecule has 0 fully saturated rings. The minimum Gasteiger partial charge on any atom is -0.379 e. The molecule has 3 heteroatoms. The van der Waals surface area contributed by atoms with Crippen LogP contribution in [-0.2, 0) is 14.2 Å². The molecule has 3 nitrogen and oxygen atoms in total. The van der Waals surface area contributed by atoms with E-state index in [0.717, 1.165) is 26.1 Å². The maximum Gasteiger partial charge on any atom is 0.0701 e. The van der Waals surface area contributed by atoms with Gasteiger partial charge >= 0.3 is 0 Å². The van der Waals surface area contributed by atoms with Crippen LogP contribution in [0.2, 0.25) is 0 Å². The van der Waals surface area contributed by atoms with Gasteiger partial charge in [-0.1, -0.05) is 26.7 Å². The first-order valence-corrected chi connectivity index (χ1v) is 5.94. The molecule has 1 radical (unpaired) electrons. The molecule has 0 bridgehead atoms. The van der Waals surface area contributed by atoms with Gasteiger partial charge in [-0.05, 0) is 12.8 Å². The summed E-state index contributed by atoms with van der Waals surface area (Å²) < 4.78 is 15.9. The largest absolute Gasteiger partial charge is 0.379 e.